The Labute approximate surface area is 80.8 Å². The Balaban J connectivity index is 2.11. The van der Waals surface area contributed by atoms with E-state index in [1.807, 2.05) is 6.07 Å². The molecule has 0 amide bonds. The van der Waals surface area contributed by atoms with Crippen molar-refractivity contribution >= 4 is 23.1 Å². The fraction of sp³-hybridized carbons (Fsp3) is 0.500. The molecule has 0 saturated carbocycles. The van der Waals surface area contributed by atoms with Crippen molar-refractivity contribution in [3.05, 3.63) is 17.5 Å². The number of thioether (sulfide) groups is 1. The highest BCUT2D eigenvalue weighted by Gasteiger charge is 2.00. The van der Waals surface area contributed by atoms with Gasteiger partial charge in [-0.15, -0.1) is 23.1 Å². The van der Waals surface area contributed by atoms with Crippen LogP contribution in [0.2, 0.25) is 0 Å². The zero-order valence-corrected chi connectivity index (χ0v) is 8.40. The Morgan fingerprint density at radius 2 is 2.50 bits per heavy atom. The second-order valence-corrected chi connectivity index (χ2v) is 4.85. The molecule has 0 saturated heterocycles. The van der Waals surface area contributed by atoms with Gasteiger partial charge in [-0.2, -0.15) is 0 Å². The first-order valence-corrected chi connectivity index (χ1v) is 5.72. The molecule has 4 heteroatoms. The number of hydrogen-bond donors (Lipinski definition) is 2. The van der Waals surface area contributed by atoms with Gasteiger partial charge in [0.1, 0.15) is 0 Å². The third-order valence-electron chi connectivity index (χ3n) is 1.46. The van der Waals surface area contributed by atoms with Crippen LogP contribution in [0.4, 0.5) is 0 Å². The van der Waals surface area contributed by atoms with Gasteiger partial charge in [0.05, 0.1) is 10.8 Å². The van der Waals surface area contributed by atoms with Gasteiger partial charge in [-0.1, -0.05) is 6.07 Å². The number of nitrogens with two attached hydrogens (primary N) is 1. The van der Waals surface area contributed by atoms with Crippen molar-refractivity contribution in [1.82, 2.24) is 0 Å². The van der Waals surface area contributed by atoms with Gasteiger partial charge >= 0.3 is 0 Å². The second-order valence-electron chi connectivity index (χ2n) is 2.51. The summed E-state index contributed by atoms with van der Waals surface area (Å²) in [5, 5.41) is 10.7. The highest BCUT2D eigenvalue weighted by atomic mass is 32.2. The molecule has 0 aliphatic carbocycles. The molecule has 1 aromatic rings. The van der Waals surface area contributed by atoms with Crippen LogP contribution in [-0.4, -0.2) is 23.5 Å². The molecule has 0 spiro atoms. The van der Waals surface area contributed by atoms with Gasteiger partial charge in [0, 0.05) is 11.8 Å². The summed E-state index contributed by atoms with van der Waals surface area (Å²) in [5.41, 5.74) is 5.55. The largest absolute Gasteiger partial charge is 0.395 e. The lowest BCUT2D eigenvalue weighted by Crippen LogP contribution is -2.24. The van der Waals surface area contributed by atoms with Crippen LogP contribution >= 0.6 is 23.1 Å². The molecule has 1 rings (SSSR count). The van der Waals surface area contributed by atoms with Crippen molar-refractivity contribution in [3.8, 4) is 0 Å². The third-order valence-corrected chi connectivity index (χ3v) is 3.63. The standard InChI is InChI=1S/C8H13NOS2/c9-7(6-10)3-5-12-8-2-1-4-11-8/h1-2,4,7,10H,3,5-6,9H2. The molecule has 3 N–H and O–H groups in total. The Morgan fingerprint density at radius 3 is 3.08 bits per heavy atom. The lowest BCUT2D eigenvalue weighted by atomic mass is 10.3. The number of rotatable bonds is 5. The van der Waals surface area contributed by atoms with Gasteiger partial charge in [-0.05, 0) is 17.9 Å². The SMILES string of the molecule is NC(CO)CCSc1cccs1. The van der Waals surface area contributed by atoms with E-state index in [1.54, 1.807) is 23.1 Å². The van der Waals surface area contributed by atoms with E-state index in [4.69, 9.17) is 10.8 Å². The predicted molar refractivity (Wildman–Crippen MR) is 54.7 cm³/mol. The maximum Gasteiger partial charge on any atom is 0.0598 e. The minimum atomic E-state index is -0.0579. The van der Waals surface area contributed by atoms with Crippen molar-refractivity contribution in [3.63, 3.8) is 0 Å². The van der Waals surface area contributed by atoms with Crippen molar-refractivity contribution in [1.29, 1.82) is 0 Å². The lowest BCUT2D eigenvalue weighted by molar-refractivity contribution is 0.264. The highest BCUT2D eigenvalue weighted by molar-refractivity contribution is 8.01. The van der Waals surface area contributed by atoms with Crippen molar-refractivity contribution in [2.45, 2.75) is 16.7 Å². The maximum absolute atomic E-state index is 8.66. The summed E-state index contributed by atoms with van der Waals surface area (Å²) < 4.78 is 1.32. The second kappa shape index (κ2) is 5.59. The lowest BCUT2D eigenvalue weighted by Gasteiger charge is -2.05. The molecular formula is C8H13NOS2. The summed E-state index contributed by atoms with van der Waals surface area (Å²) in [4.78, 5) is 0. The zero-order chi connectivity index (χ0) is 8.81. The topological polar surface area (TPSA) is 46.2 Å². The molecular weight excluding hydrogens is 190 g/mol. The van der Waals surface area contributed by atoms with E-state index in [9.17, 15) is 0 Å². The minimum Gasteiger partial charge on any atom is -0.395 e. The first-order chi connectivity index (χ1) is 5.83. The van der Waals surface area contributed by atoms with Crippen LogP contribution in [-0.2, 0) is 0 Å². The van der Waals surface area contributed by atoms with Gasteiger partial charge < -0.3 is 10.8 Å². The summed E-state index contributed by atoms with van der Waals surface area (Å²) in [6.07, 6.45) is 0.874. The Hall–Kier alpha value is -0.0300. The number of aliphatic hydroxyl groups excluding tert-OH is 1. The van der Waals surface area contributed by atoms with Crippen LogP contribution < -0.4 is 5.73 Å². The Bertz CT molecular complexity index is 201. The molecule has 0 aliphatic rings. The van der Waals surface area contributed by atoms with Crippen LogP contribution in [0.3, 0.4) is 0 Å². The average molecular weight is 203 g/mol. The quantitative estimate of drug-likeness (QED) is 0.714. The van der Waals surface area contributed by atoms with Crippen LogP contribution in [0.15, 0.2) is 21.7 Å². The summed E-state index contributed by atoms with van der Waals surface area (Å²) in [6, 6.07) is 4.08. The van der Waals surface area contributed by atoms with Crippen LogP contribution in [0.5, 0.6) is 0 Å². The van der Waals surface area contributed by atoms with Crippen molar-refractivity contribution < 1.29 is 5.11 Å². The normalized spacial score (nSPS) is 13.2. The molecule has 1 aromatic heterocycles. The zero-order valence-electron chi connectivity index (χ0n) is 6.77. The number of aliphatic hydroxyl groups is 1. The Morgan fingerprint density at radius 1 is 1.67 bits per heavy atom. The van der Waals surface area contributed by atoms with E-state index in [2.05, 4.69) is 11.4 Å². The minimum absolute atomic E-state index is 0.0579. The van der Waals surface area contributed by atoms with E-state index in [0.717, 1.165) is 12.2 Å². The van der Waals surface area contributed by atoms with E-state index in [1.165, 1.54) is 4.21 Å². The van der Waals surface area contributed by atoms with E-state index >= 15 is 0 Å². The smallest absolute Gasteiger partial charge is 0.0598 e. The van der Waals surface area contributed by atoms with E-state index < -0.39 is 0 Å². The molecule has 0 bridgehead atoms. The molecule has 0 radical (unpaired) electrons. The number of hydrogen-bond acceptors (Lipinski definition) is 4. The van der Waals surface area contributed by atoms with Crippen LogP contribution in [0.25, 0.3) is 0 Å². The van der Waals surface area contributed by atoms with E-state index in [-0.39, 0.29) is 12.6 Å². The monoisotopic (exact) mass is 203 g/mol. The fourth-order valence-electron chi connectivity index (χ4n) is 0.748. The molecule has 0 fully saturated rings. The molecule has 0 aromatic carbocycles. The van der Waals surface area contributed by atoms with Gasteiger partial charge in [0.15, 0.2) is 0 Å². The summed E-state index contributed by atoms with van der Waals surface area (Å²) in [6.45, 7) is 0.0883. The molecule has 1 unspecified atom stereocenters. The fourth-order valence-corrected chi connectivity index (χ4v) is 2.68. The molecule has 1 heterocycles. The first-order valence-electron chi connectivity index (χ1n) is 3.85. The maximum atomic E-state index is 8.66. The van der Waals surface area contributed by atoms with Crippen LogP contribution in [0.1, 0.15) is 6.42 Å². The molecule has 68 valence electrons. The van der Waals surface area contributed by atoms with E-state index in [0.29, 0.717) is 0 Å². The van der Waals surface area contributed by atoms with Crippen molar-refractivity contribution in [2.75, 3.05) is 12.4 Å². The third kappa shape index (κ3) is 3.58. The molecule has 1 atom stereocenters. The average Bonchev–Trinajstić information content (AvgIpc) is 2.57. The highest BCUT2D eigenvalue weighted by Crippen LogP contribution is 2.23. The number of thiophene rings is 1. The summed E-state index contributed by atoms with van der Waals surface area (Å²) >= 11 is 3.54. The Kier molecular flexibility index (Phi) is 4.68. The molecule has 2 nitrogen and oxygen atoms in total. The summed E-state index contributed by atoms with van der Waals surface area (Å²) in [7, 11) is 0. The van der Waals surface area contributed by atoms with Gasteiger partial charge in [-0.3, -0.25) is 0 Å². The van der Waals surface area contributed by atoms with Crippen molar-refractivity contribution in [2.24, 2.45) is 5.73 Å². The molecule has 12 heavy (non-hydrogen) atoms. The first kappa shape index (κ1) is 10.1. The van der Waals surface area contributed by atoms with Gasteiger partial charge in [-0.25, -0.2) is 0 Å². The molecule has 0 aliphatic heterocycles. The van der Waals surface area contributed by atoms with Gasteiger partial charge in [0.2, 0.25) is 0 Å². The summed E-state index contributed by atoms with van der Waals surface area (Å²) in [5.74, 6) is 0.988. The van der Waals surface area contributed by atoms with Crippen LogP contribution in [0, 0.1) is 0 Å². The van der Waals surface area contributed by atoms with Gasteiger partial charge in [0.25, 0.3) is 0 Å². The predicted octanol–water partition coefficient (Wildman–Crippen LogP) is 1.55.